The second-order valence-electron chi connectivity index (χ2n) is 4.01. The Bertz CT molecular complexity index is 374. The predicted molar refractivity (Wildman–Crippen MR) is 74.5 cm³/mol. The fraction of sp³-hybridized carbons (Fsp3) is 0.308. The molecule has 0 heterocycles. The van der Waals surface area contributed by atoms with Crippen LogP contribution in [0, 0.1) is 0 Å². The molecule has 0 aromatic carbocycles. The van der Waals surface area contributed by atoms with E-state index in [-0.39, 0.29) is 24.8 Å². The fourth-order valence-electron chi connectivity index (χ4n) is 2.13. The predicted octanol–water partition coefficient (Wildman–Crippen LogP) is 4.35. The molecule has 0 radical (unpaired) electrons. The number of rotatable bonds is 2. The van der Waals surface area contributed by atoms with Gasteiger partial charge in [-0.25, -0.2) is 0 Å². The molecule has 0 nitrogen and oxygen atoms in total. The number of halogens is 2. The first-order valence-corrected chi connectivity index (χ1v) is 9.32. The number of hydrogen-bond donors (Lipinski definition) is 0. The third kappa shape index (κ3) is 3.16. The molecule has 16 heavy (non-hydrogen) atoms. The van der Waals surface area contributed by atoms with E-state index in [1.165, 1.54) is 24.0 Å². The van der Waals surface area contributed by atoms with Crippen LogP contribution in [0.5, 0.6) is 0 Å². The molecule has 0 bridgehead atoms. The molecule has 0 atom stereocenters. The third-order valence-corrected chi connectivity index (χ3v) is 9.58. The van der Waals surface area contributed by atoms with E-state index in [4.69, 9.17) is 0 Å². The summed E-state index contributed by atoms with van der Waals surface area (Å²) in [6, 6.07) is 0. The van der Waals surface area contributed by atoms with Crippen LogP contribution < -0.4 is 0 Å². The molecule has 0 unspecified atom stereocenters. The van der Waals surface area contributed by atoms with Crippen LogP contribution in [0.25, 0.3) is 0 Å². The van der Waals surface area contributed by atoms with Crippen molar-refractivity contribution in [3.8, 4) is 0 Å². The SMILES string of the molecule is Cl.Cl.[CH2]=[Zr]([C]1=C(C)C=CC1)[C]1=C(C)C=CC1. The quantitative estimate of drug-likeness (QED) is 0.703. The Morgan fingerprint density at radius 1 is 0.938 bits per heavy atom. The second-order valence-corrected chi connectivity index (χ2v) is 9.33. The molecule has 2 aliphatic rings. The van der Waals surface area contributed by atoms with Gasteiger partial charge in [0, 0.05) is 0 Å². The normalized spacial score (nSPS) is 17.6. The van der Waals surface area contributed by atoms with Crippen molar-refractivity contribution < 1.29 is 21.3 Å². The first-order valence-electron chi connectivity index (χ1n) is 5.12. The average Bonchev–Trinajstić information content (AvgIpc) is 2.73. The second kappa shape index (κ2) is 6.89. The molecule has 2 rings (SSSR count). The fourth-order valence-corrected chi connectivity index (χ4v) is 7.57. The average molecular weight is 336 g/mol. The van der Waals surface area contributed by atoms with Crippen molar-refractivity contribution in [2.75, 3.05) is 0 Å². The maximum atomic E-state index is 4.50. The summed E-state index contributed by atoms with van der Waals surface area (Å²) in [5.41, 5.74) is 3.00. The molecule has 2 aliphatic carbocycles. The van der Waals surface area contributed by atoms with Gasteiger partial charge in [-0.2, -0.15) is 0 Å². The van der Waals surface area contributed by atoms with Crippen molar-refractivity contribution in [3.63, 3.8) is 0 Å². The summed E-state index contributed by atoms with van der Waals surface area (Å²) in [4.78, 5) is 0. The molecule has 0 spiro atoms. The van der Waals surface area contributed by atoms with Gasteiger partial charge in [-0.05, 0) is 0 Å². The molecule has 0 fully saturated rings. The van der Waals surface area contributed by atoms with E-state index in [1.807, 2.05) is 0 Å². The van der Waals surface area contributed by atoms with Gasteiger partial charge in [-0.1, -0.05) is 0 Å². The summed E-state index contributed by atoms with van der Waals surface area (Å²) in [5.74, 6) is 0. The van der Waals surface area contributed by atoms with E-state index in [0.29, 0.717) is 0 Å². The van der Waals surface area contributed by atoms with E-state index >= 15 is 0 Å². The van der Waals surface area contributed by atoms with Crippen molar-refractivity contribution in [2.24, 2.45) is 0 Å². The van der Waals surface area contributed by atoms with E-state index < -0.39 is 21.3 Å². The van der Waals surface area contributed by atoms with Crippen molar-refractivity contribution in [1.82, 2.24) is 0 Å². The zero-order valence-corrected chi connectivity index (χ0v) is 13.8. The van der Waals surface area contributed by atoms with Gasteiger partial charge in [0.05, 0.1) is 0 Å². The molecular weight excluding hydrogens is 318 g/mol. The monoisotopic (exact) mass is 334 g/mol. The van der Waals surface area contributed by atoms with Gasteiger partial charge in [0.1, 0.15) is 0 Å². The molecule has 0 saturated carbocycles. The third-order valence-electron chi connectivity index (χ3n) is 3.06. The van der Waals surface area contributed by atoms with E-state index in [1.54, 1.807) is 6.56 Å². The van der Waals surface area contributed by atoms with Gasteiger partial charge in [0.15, 0.2) is 0 Å². The molecule has 0 saturated heterocycles. The summed E-state index contributed by atoms with van der Waals surface area (Å²) < 4.78 is 7.90. The standard InChI is InChI=1S/2C6H7.CH2.2ClH.Zr/c2*1-6-4-2-3-5-6;;;;/h2*2,4H,3H2,1H3;1H2;2*1H;. The molecule has 0 aliphatic heterocycles. The van der Waals surface area contributed by atoms with Gasteiger partial charge in [-0.3, -0.25) is 0 Å². The maximum absolute atomic E-state index is 4.50. The topological polar surface area (TPSA) is 0 Å². The number of hydrogen-bond acceptors (Lipinski definition) is 0. The Morgan fingerprint density at radius 3 is 1.56 bits per heavy atom. The summed E-state index contributed by atoms with van der Waals surface area (Å²) in [6.45, 7) is 4.48. The Labute approximate surface area is 118 Å². The van der Waals surface area contributed by atoms with Crippen LogP contribution in [-0.2, 0) is 21.3 Å². The summed E-state index contributed by atoms with van der Waals surface area (Å²) >= 11 is -1.63. The van der Waals surface area contributed by atoms with E-state index in [0.717, 1.165) is 0 Å². The summed E-state index contributed by atoms with van der Waals surface area (Å²) in [5, 5.41) is 0. The van der Waals surface area contributed by atoms with Crippen LogP contribution in [0.2, 0.25) is 0 Å². The van der Waals surface area contributed by atoms with Gasteiger partial charge in [0.25, 0.3) is 0 Å². The Morgan fingerprint density at radius 2 is 1.31 bits per heavy atom. The van der Waals surface area contributed by atoms with Gasteiger partial charge in [-0.15, -0.1) is 24.8 Å². The minimum atomic E-state index is -1.63. The first kappa shape index (κ1) is 16.3. The van der Waals surface area contributed by atoms with Crippen LogP contribution >= 0.6 is 24.8 Å². The van der Waals surface area contributed by atoms with Gasteiger partial charge >= 0.3 is 94.2 Å². The van der Waals surface area contributed by atoms with Crippen LogP contribution in [0.3, 0.4) is 0 Å². The molecule has 3 heteroatoms. The van der Waals surface area contributed by atoms with Crippen LogP contribution in [0.1, 0.15) is 26.7 Å². The molecule has 0 aromatic rings. The van der Waals surface area contributed by atoms with Crippen molar-refractivity contribution >= 4 is 29.0 Å². The Kier molecular flexibility index (Phi) is 7.02. The summed E-state index contributed by atoms with van der Waals surface area (Å²) in [6.07, 6.45) is 11.5. The molecule has 0 aromatic heterocycles. The van der Waals surface area contributed by atoms with Gasteiger partial charge in [0.2, 0.25) is 0 Å². The molecular formula is C13H18Cl2Zr. The van der Waals surface area contributed by atoms with Crippen LogP contribution in [-0.4, -0.2) is 4.21 Å². The van der Waals surface area contributed by atoms with E-state index in [2.05, 4.69) is 42.4 Å². The van der Waals surface area contributed by atoms with E-state index in [9.17, 15) is 0 Å². The molecule has 0 amide bonds. The van der Waals surface area contributed by atoms with Gasteiger partial charge < -0.3 is 0 Å². The summed E-state index contributed by atoms with van der Waals surface area (Å²) in [7, 11) is 0. The van der Waals surface area contributed by atoms with Crippen molar-refractivity contribution in [2.45, 2.75) is 26.7 Å². The Hall–Kier alpha value is 0.293. The van der Waals surface area contributed by atoms with Crippen LogP contribution in [0.4, 0.5) is 0 Å². The first-order chi connectivity index (χ1) is 6.70. The van der Waals surface area contributed by atoms with Crippen LogP contribution in [0.15, 0.2) is 42.0 Å². The molecule has 88 valence electrons. The molecule has 0 N–H and O–H groups in total. The zero-order chi connectivity index (χ0) is 10.1. The number of allylic oxidation sites excluding steroid dienone is 8. The van der Waals surface area contributed by atoms with Crippen molar-refractivity contribution in [1.29, 1.82) is 0 Å². The van der Waals surface area contributed by atoms with Crippen molar-refractivity contribution in [3.05, 3.63) is 42.0 Å². The Balaban J connectivity index is 0.00000112. The minimum absolute atomic E-state index is 0. The zero-order valence-electron chi connectivity index (χ0n) is 9.75.